The van der Waals surface area contributed by atoms with Crippen molar-refractivity contribution in [3.63, 3.8) is 0 Å². The Kier molecular flexibility index (Phi) is 6.28. The predicted octanol–water partition coefficient (Wildman–Crippen LogP) is 0.246. The minimum atomic E-state index is -0.892. The Bertz CT molecular complexity index is 274. The van der Waals surface area contributed by atoms with E-state index in [2.05, 4.69) is 6.58 Å². The molecule has 1 atom stereocenters. The van der Waals surface area contributed by atoms with Gasteiger partial charge < -0.3 is 24.1 Å². The molecule has 6 nitrogen and oxygen atoms in total. The van der Waals surface area contributed by atoms with Gasteiger partial charge in [0.1, 0.15) is 25.9 Å². The number of aliphatic hydroxyl groups excluding tert-OH is 1. The summed E-state index contributed by atoms with van der Waals surface area (Å²) >= 11 is 0. The van der Waals surface area contributed by atoms with Crippen LogP contribution in [0.1, 0.15) is 13.3 Å². The van der Waals surface area contributed by atoms with Crippen LogP contribution in [0.25, 0.3) is 0 Å². The Morgan fingerprint density at radius 2 is 2.22 bits per heavy atom. The van der Waals surface area contributed by atoms with Gasteiger partial charge >= 0.3 is 5.97 Å². The number of hydrogen-bond donors (Lipinski definition) is 1. The van der Waals surface area contributed by atoms with Crippen molar-refractivity contribution in [1.29, 1.82) is 0 Å². The molecular weight excluding hydrogens is 240 g/mol. The highest BCUT2D eigenvalue weighted by Crippen LogP contribution is 2.23. The van der Waals surface area contributed by atoms with E-state index < -0.39 is 17.9 Å². The molecule has 0 radical (unpaired) electrons. The first-order valence-electron chi connectivity index (χ1n) is 5.95. The first-order valence-corrected chi connectivity index (χ1v) is 5.95. The molecule has 1 saturated heterocycles. The molecular formula is C12H20O6. The standard InChI is InChI=1S/C12H20O6/c1-3-5-17-12(8-15-9-12)18-7-10(13)6-16-11(14)4-2/h4,10,13H,2-3,5-9H2,1H3. The lowest BCUT2D eigenvalue weighted by molar-refractivity contribution is -0.346. The molecule has 0 spiro atoms. The second-order valence-electron chi connectivity index (χ2n) is 4.05. The fraction of sp³-hybridized carbons (Fsp3) is 0.750. The summed E-state index contributed by atoms with van der Waals surface area (Å²) in [6.45, 7) is 6.43. The molecule has 1 unspecified atom stereocenters. The Labute approximate surface area is 106 Å². The largest absolute Gasteiger partial charge is 0.460 e. The van der Waals surface area contributed by atoms with Gasteiger partial charge in [0.25, 0.3) is 0 Å². The van der Waals surface area contributed by atoms with Crippen molar-refractivity contribution in [2.45, 2.75) is 25.2 Å². The fourth-order valence-corrected chi connectivity index (χ4v) is 1.30. The maximum absolute atomic E-state index is 10.8. The Morgan fingerprint density at radius 3 is 2.72 bits per heavy atom. The minimum Gasteiger partial charge on any atom is -0.460 e. The average Bonchev–Trinajstić information content (AvgIpc) is 2.34. The normalized spacial score (nSPS) is 18.8. The van der Waals surface area contributed by atoms with Crippen LogP contribution in [0.2, 0.25) is 0 Å². The van der Waals surface area contributed by atoms with Gasteiger partial charge in [0.15, 0.2) is 0 Å². The highest BCUT2D eigenvalue weighted by Gasteiger charge is 2.41. The zero-order valence-corrected chi connectivity index (χ0v) is 10.6. The summed E-state index contributed by atoms with van der Waals surface area (Å²) in [6, 6.07) is 0. The molecule has 6 heteroatoms. The third kappa shape index (κ3) is 4.73. The number of ether oxygens (including phenoxy) is 4. The van der Waals surface area contributed by atoms with Crippen molar-refractivity contribution in [2.24, 2.45) is 0 Å². The van der Waals surface area contributed by atoms with E-state index >= 15 is 0 Å². The third-order valence-electron chi connectivity index (χ3n) is 2.34. The zero-order valence-electron chi connectivity index (χ0n) is 10.6. The summed E-state index contributed by atoms with van der Waals surface area (Å²) in [5, 5.41) is 9.57. The molecule has 0 amide bonds. The van der Waals surface area contributed by atoms with Crippen LogP contribution in [0.5, 0.6) is 0 Å². The van der Waals surface area contributed by atoms with Crippen LogP contribution in [0, 0.1) is 0 Å². The van der Waals surface area contributed by atoms with E-state index in [9.17, 15) is 9.90 Å². The predicted molar refractivity (Wildman–Crippen MR) is 62.9 cm³/mol. The van der Waals surface area contributed by atoms with E-state index in [0.717, 1.165) is 12.5 Å². The molecule has 0 aliphatic carbocycles. The Morgan fingerprint density at radius 1 is 1.50 bits per heavy atom. The van der Waals surface area contributed by atoms with Crippen LogP contribution in [0.4, 0.5) is 0 Å². The van der Waals surface area contributed by atoms with Gasteiger partial charge in [-0.3, -0.25) is 0 Å². The van der Waals surface area contributed by atoms with Crippen LogP contribution in [-0.4, -0.2) is 56.0 Å². The molecule has 1 N–H and O–H groups in total. The maximum Gasteiger partial charge on any atom is 0.330 e. The monoisotopic (exact) mass is 260 g/mol. The quantitative estimate of drug-likeness (QED) is 0.364. The van der Waals surface area contributed by atoms with Gasteiger partial charge in [-0.25, -0.2) is 4.79 Å². The molecule has 0 aromatic heterocycles. The molecule has 0 aromatic carbocycles. The van der Waals surface area contributed by atoms with Gasteiger partial charge in [0.05, 0.1) is 6.61 Å². The second kappa shape index (κ2) is 7.48. The smallest absolute Gasteiger partial charge is 0.330 e. The lowest BCUT2D eigenvalue weighted by Gasteiger charge is -2.40. The van der Waals surface area contributed by atoms with Crippen molar-refractivity contribution in [3.8, 4) is 0 Å². The van der Waals surface area contributed by atoms with Crippen molar-refractivity contribution >= 4 is 5.97 Å². The van der Waals surface area contributed by atoms with Crippen LogP contribution in [-0.2, 0) is 23.7 Å². The summed E-state index contributed by atoms with van der Waals surface area (Å²) in [5.74, 6) is -1.32. The average molecular weight is 260 g/mol. The highest BCUT2D eigenvalue weighted by atomic mass is 16.8. The van der Waals surface area contributed by atoms with Crippen LogP contribution in [0.3, 0.4) is 0 Å². The summed E-state index contributed by atoms with van der Waals surface area (Å²) in [6.07, 6.45) is 1.03. The number of rotatable bonds is 9. The molecule has 18 heavy (non-hydrogen) atoms. The number of esters is 1. The first kappa shape index (κ1) is 15.1. The Hall–Kier alpha value is -0.950. The SMILES string of the molecule is C=CC(=O)OCC(O)COC1(OCCC)COC1. The van der Waals surface area contributed by atoms with Gasteiger partial charge in [-0.2, -0.15) is 0 Å². The fourth-order valence-electron chi connectivity index (χ4n) is 1.30. The van der Waals surface area contributed by atoms with Crippen LogP contribution in [0.15, 0.2) is 12.7 Å². The number of hydrogen-bond acceptors (Lipinski definition) is 6. The van der Waals surface area contributed by atoms with Gasteiger partial charge in [0, 0.05) is 12.7 Å². The van der Waals surface area contributed by atoms with E-state index in [1.807, 2.05) is 6.92 Å². The van der Waals surface area contributed by atoms with Crippen molar-refractivity contribution < 1.29 is 28.8 Å². The summed E-state index contributed by atoms with van der Waals surface area (Å²) in [4.78, 5) is 10.8. The van der Waals surface area contributed by atoms with Crippen molar-refractivity contribution in [2.75, 3.05) is 33.0 Å². The first-order chi connectivity index (χ1) is 8.62. The number of carbonyl (C=O) groups is 1. The number of carbonyl (C=O) groups excluding carboxylic acids is 1. The molecule has 0 aromatic rings. The zero-order chi connectivity index (χ0) is 13.4. The molecule has 0 saturated carbocycles. The van der Waals surface area contributed by atoms with E-state index in [1.165, 1.54) is 0 Å². The molecule has 1 aliphatic heterocycles. The van der Waals surface area contributed by atoms with Gasteiger partial charge in [-0.15, -0.1) is 0 Å². The van der Waals surface area contributed by atoms with E-state index in [-0.39, 0.29) is 13.2 Å². The van der Waals surface area contributed by atoms with Crippen molar-refractivity contribution in [3.05, 3.63) is 12.7 Å². The molecule has 0 bridgehead atoms. The number of aliphatic hydroxyl groups is 1. The van der Waals surface area contributed by atoms with E-state index in [4.69, 9.17) is 18.9 Å². The van der Waals surface area contributed by atoms with Crippen molar-refractivity contribution in [1.82, 2.24) is 0 Å². The lowest BCUT2D eigenvalue weighted by Crippen LogP contribution is -2.55. The van der Waals surface area contributed by atoms with E-state index in [0.29, 0.717) is 19.8 Å². The summed E-state index contributed by atoms with van der Waals surface area (Å²) in [5.41, 5.74) is 0. The second-order valence-corrected chi connectivity index (χ2v) is 4.05. The Balaban J connectivity index is 2.21. The molecule has 1 aliphatic rings. The molecule has 1 heterocycles. The summed E-state index contributed by atoms with van der Waals surface area (Å²) in [7, 11) is 0. The molecule has 1 rings (SSSR count). The lowest BCUT2D eigenvalue weighted by atomic mass is 10.2. The van der Waals surface area contributed by atoms with Crippen LogP contribution < -0.4 is 0 Å². The molecule has 1 fully saturated rings. The van der Waals surface area contributed by atoms with E-state index in [1.54, 1.807) is 0 Å². The highest BCUT2D eigenvalue weighted by molar-refractivity contribution is 5.81. The minimum absolute atomic E-state index is 0.0253. The van der Waals surface area contributed by atoms with Gasteiger partial charge in [-0.05, 0) is 6.42 Å². The van der Waals surface area contributed by atoms with Gasteiger partial charge in [0.2, 0.25) is 5.79 Å². The van der Waals surface area contributed by atoms with Crippen LogP contribution >= 0.6 is 0 Å². The maximum atomic E-state index is 10.8. The molecule has 104 valence electrons. The third-order valence-corrected chi connectivity index (χ3v) is 2.34. The topological polar surface area (TPSA) is 74.2 Å². The van der Waals surface area contributed by atoms with Gasteiger partial charge in [-0.1, -0.05) is 13.5 Å². The summed E-state index contributed by atoms with van der Waals surface area (Å²) < 4.78 is 20.8.